The number of para-hydroxylation sites is 1. The summed E-state index contributed by atoms with van der Waals surface area (Å²) in [6.45, 7) is 0. The fourth-order valence-electron chi connectivity index (χ4n) is 2.31. The minimum atomic E-state index is -0.305. The number of carbonyl (C=O) groups excluding carboxylic acids is 1. The summed E-state index contributed by atoms with van der Waals surface area (Å²) in [7, 11) is 1.59. The van der Waals surface area contributed by atoms with Gasteiger partial charge in [0.2, 0.25) is 0 Å². The smallest absolute Gasteiger partial charge is 0.272 e. The first-order chi connectivity index (χ1) is 10.7. The molecule has 3 rings (SSSR count). The molecule has 0 saturated carbocycles. The topological polar surface area (TPSA) is 77.9 Å². The van der Waals surface area contributed by atoms with E-state index in [1.807, 2.05) is 18.2 Å². The van der Waals surface area contributed by atoms with Crippen LogP contribution in [-0.2, 0) is 0 Å². The third kappa shape index (κ3) is 2.38. The molecular weight excluding hydrogens is 278 g/mol. The second kappa shape index (κ2) is 5.62. The van der Waals surface area contributed by atoms with Crippen LogP contribution in [0.2, 0.25) is 0 Å². The van der Waals surface area contributed by atoms with Crippen molar-refractivity contribution in [2.45, 2.75) is 0 Å². The molecule has 1 heterocycles. The van der Waals surface area contributed by atoms with E-state index in [2.05, 4.69) is 16.4 Å². The first kappa shape index (κ1) is 13.7. The largest absolute Gasteiger partial charge is 0.496 e. The van der Waals surface area contributed by atoms with E-state index in [0.717, 1.165) is 10.9 Å². The van der Waals surface area contributed by atoms with Crippen molar-refractivity contribution in [1.82, 2.24) is 4.98 Å². The number of carbonyl (C=O) groups is 1. The van der Waals surface area contributed by atoms with Crippen LogP contribution < -0.4 is 10.1 Å². The highest BCUT2D eigenvalue weighted by molar-refractivity contribution is 6.07. The fourth-order valence-corrected chi connectivity index (χ4v) is 2.31. The van der Waals surface area contributed by atoms with Gasteiger partial charge in [0.15, 0.2) is 0 Å². The first-order valence-corrected chi connectivity index (χ1v) is 6.69. The molecule has 5 heteroatoms. The van der Waals surface area contributed by atoms with Crippen LogP contribution in [0.5, 0.6) is 5.75 Å². The summed E-state index contributed by atoms with van der Waals surface area (Å²) in [5, 5.41) is 12.6. The highest BCUT2D eigenvalue weighted by atomic mass is 16.5. The van der Waals surface area contributed by atoms with Crippen molar-refractivity contribution < 1.29 is 9.53 Å². The lowest BCUT2D eigenvalue weighted by Crippen LogP contribution is -2.13. The predicted octanol–water partition coefficient (Wildman–Crippen LogP) is 3.30. The molecular formula is C17H13N3O2. The Morgan fingerprint density at radius 2 is 2.05 bits per heavy atom. The Kier molecular flexibility index (Phi) is 3.50. The number of ether oxygens (including phenoxy) is 1. The van der Waals surface area contributed by atoms with E-state index in [1.165, 1.54) is 0 Å². The molecule has 0 radical (unpaired) electrons. The predicted molar refractivity (Wildman–Crippen MR) is 84.0 cm³/mol. The average molecular weight is 291 g/mol. The van der Waals surface area contributed by atoms with Crippen molar-refractivity contribution in [3.63, 3.8) is 0 Å². The molecule has 0 spiro atoms. The van der Waals surface area contributed by atoms with Crippen LogP contribution in [0, 0.1) is 11.3 Å². The molecule has 1 amide bonds. The summed E-state index contributed by atoms with van der Waals surface area (Å²) in [6.07, 6.45) is 0. The van der Waals surface area contributed by atoms with Gasteiger partial charge in [-0.05, 0) is 30.3 Å². The van der Waals surface area contributed by atoms with Crippen molar-refractivity contribution in [3.8, 4) is 11.8 Å². The lowest BCUT2D eigenvalue weighted by Gasteiger charge is -2.05. The zero-order valence-corrected chi connectivity index (χ0v) is 11.9. The lowest BCUT2D eigenvalue weighted by molar-refractivity contribution is 0.102. The van der Waals surface area contributed by atoms with Crippen molar-refractivity contribution >= 4 is 22.5 Å². The number of amides is 1. The molecule has 0 aliphatic heterocycles. The summed E-state index contributed by atoms with van der Waals surface area (Å²) in [6, 6.07) is 16.2. The molecule has 0 aliphatic carbocycles. The Morgan fingerprint density at radius 1 is 1.23 bits per heavy atom. The summed E-state index contributed by atoms with van der Waals surface area (Å²) in [5.41, 5.74) is 2.13. The van der Waals surface area contributed by atoms with E-state index in [4.69, 9.17) is 10.00 Å². The van der Waals surface area contributed by atoms with Gasteiger partial charge in [0.25, 0.3) is 5.91 Å². The van der Waals surface area contributed by atoms with E-state index >= 15 is 0 Å². The Bertz CT molecular complexity index is 890. The van der Waals surface area contributed by atoms with E-state index in [0.29, 0.717) is 22.7 Å². The minimum absolute atomic E-state index is 0.305. The van der Waals surface area contributed by atoms with Gasteiger partial charge < -0.3 is 15.0 Å². The van der Waals surface area contributed by atoms with Crippen LogP contribution in [0.3, 0.4) is 0 Å². The number of nitrogens with zero attached hydrogens (tertiary/aromatic N) is 1. The molecule has 1 aromatic heterocycles. The molecule has 0 bridgehead atoms. The number of H-pyrrole nitrogens is 1. The standard InChI is InChI=1S/C17H13N3O2/c1-22-16-8-4-7-14-12(16)9-15(19-14)17(21)20-13-6-3-2-5-11(13)10-18/h2-9,19H,1H3,(H,20,21). The van der Waals surface area contributed by atoms with E-state index in [9.17, 15) is 4.79 Å². The van der Waals surface area contributed by atoms with Gasteiger partial charge in [-0.2, -0.15) is 5.26 Å². The number of fused-ring (bicyclic) bond motifs is 1. The summed E-state index contributed by atoms with van der Waals surface area (Å²) in [4.78, 5) is 15.4. The average Bonchev–Trinajstić information content (AvgIpc) is 2.99. The van der Waals surface area contributed by atoms with Crippen LogP contribution in [0.1, 0.15) is 16.1 Å². The van der Waals surface area contributed by atoms with Crippen molar-refractivity contribution in [2.75, 3.05) is 12.4 Å². The number of hydrogen-bond acceptors (Lipinski definition) is 3. The van der Waals surface area contributed by atoms with Gasteiger partial charge in [-0.15, -0.1) is 0 Å². The quantitative estimate of drug-likeness (QED) is 0.777. The number of methoxy groups -OCH3 is 1. The van der Waals surface area contributed by atoms with E-state index < -0.39 is 0 Å². The van der Waals surface area contributed by atoms with Crippen molar-refractivity contribution in [3.05, 3.63) is 59.8 Å². The molecule has 22 heavy (non-hydrogen) atoms. The summed E-state index contributed by atoms with van der Waals surface area (Å²) < 4.78 is 5.28. The highest BCUT2D eigenvalue weighted by Gasteiger charge is 2.13. The van der Waals surface area contributed by atoms with Gasteiger partial charge >= 0.3 is 0 Å². The van der Waals surface area contributed by atoms with Gasteiger partial charge in [-0.3, -0.25) is 4.79 Å². The molecule has 0 fully saturated rings. The molecule has 0 atom stereocenters. The van der Waals surface area contributed by atoms with Gasteiger partial charge in [0, 0.05) is 10.9 Å². The number of aromatic amines is 1. The molecule has 108 valence electrons. The van der Waals surface area contributed by atoms with Crippen LogP contribution in [-0.4, -0.2) is 18.0 Å². The molecule has 0 unspecified atom stereocenters. The molecule has 0 aliphatic rings. The van der Waals surface area contributed by atoms with Crippen molar-refractivity contribution in [2.24, 2.45) is 0 Å². The Hall–Kier alpha value is -3.26. The molecule has 2 aromatic carbocycles. The van der Waals surface area contributed by atoms with Crippen LogP contribution >= 0.6 is 0 Å². The second-order valence-corrected chi connectivity index (χ2v) is 4.72. The number of nitrogens with one attached hydrogen (secondary N) is 2. The maximum atomic E-state index is 12.4. The number of nitriles is 1. The fraction of sp³-hybridized carbons (Fsp3) is 0.0588. The first-order valence-electron chi connectivity index (χ1n) is 6.69. The van der Waals surface area contributed by atoms with E-state index in [1.54, 1.807) is 37.4 Å². The molecule has 3 aromatic rings. The zero-order chi connectivity index (χ0) is 15.5. The van der Waals surface area contributed by atoms with Gasteiger partial charge in [-0.25, -0.2) is 0 Å². The molecule has 5 nitrogen and oxygen atoms in total. The maximum absolute atomic E-state index is 12.4. The Morgan fingerprint density at radius 3 is 2.82 bits per heavy atom. The Labute approximate surface area is 127 Å². The monoisotopic (exact) mass is 291 g/mol. The third-order valence-corrected chi connectivity index (χ3v) is 3.38. The van der Waals surface area contributed by atoms with Crippen LogP contribution in [0.25, 0.3) is 10.9 Å². The van der Waals surface area contributed by atoms with Crippen LogP contribution in [0.4, 0.5) is 5.69 Å². The highest BCUT2D eigenvalue weighted by Crippen LogP contribution is 2.26. The van der Waals surface area contributed by atoms with E-state index in [-0.39, 0.29) is 5.91 Å². The number of aromatic nitrogens is 1. The van der Waals surface area contributed by atoms with Crippen LogP contribution in [0.15, 0.2) is 48.5 Å². The number of rotatable bonds is 3. The van der Waals surface area contributed by atoms with Gasteiger partial charge in [0.1, 0.15) is 17.5 Å². The number of anilines is 1. The minimum Gasteiger partial charge on any atom is -0.496 e. The molecule has 0 saturated heterocycles. The van der Waals surface area contributed by atoms with Gasteiger partial charge in [-0.1, -0.05) is 18.2 Å². The SMILES string of the molecule is COc1cccc2[nH]c(C(=O)Nc3ccccc3C#N)cc12. The second-order valence-electron chi connectivity index (χ2n) is 4.72. The number of hydrogen-bond donors (Lipinski definition) is 2. The maximum Gasteiger partial charge on any atom is 0.272 e. The number of benzene rings is 2. The lowest BCUT2D eigenvalue weighted by atomic mass is 10.2. The molecule has 2 N–H and O–H groups in total. The summed E-state index contributed by atoms with van der Waals surface area (Å²) in [5.74, 6) is 0.395. The van der Waals surface area contributed by atoms with Crippen molar-refractivity contribution in [1.29, 1.82) is 5.26 Å². The third-order valence-electron chi connectivity index (χ3n) is 3.38. The normalized spacial score (nSPS) is 10.2. The van der Waals surface area contributed by atoms with Gasteiger partial charge in [0.05, 0.1) is 18.4 Å². The summed E-state index contributed by atoms with van der Waals surface area (Å²) >= 11 is 0. The zero-order valence-electron chi connectivity index (χ0n) is 11.9. The Balaban J connectivity index is 1.94.